The van der Waals surface area contributed by atoms with Gasteiger partial charge < -0.3 is 19.3 Å². The standard InChI is InChI=1S/C15H24N2O6/c1-11(15(21)23-9-7-13(19)17(4)5)10-14(20)22-8-6-12(18)16(2)3/h10H,6-9H2,1-5H3/b11-10+. The molecular weight excluding hydrogens is 304 g/mol. The fourth-order valence-corrected chi connectivity index (χ4v) is 1.31. The highest BCUT2D eigenvalue weighted by atomic mass is 16.5. The molecule has 0 heterocycles. The van der Waals surface area contributed by atoms with Gasteiger partial charge in [-0.05, 0) is 6.92 Å². The SMILES string of the molecule is C/C(=C\C(=O)OCCC(=O)N(C)C)C(=O)OCCC(=O)N(C)C. The Balaban J connectivity index is 4.16. The average Bonchev–Trinajstić information content (AvgIpc) is 2.46. The Bertz CT molecular complexity index is 482. The molecule has 0 aromatic rings. The van der Waals surface area contributed by atoms with E-state index in [1.807, 2.05) is 0 Å². The van der Waals surface area contributed by atoms with Crippen molar-refractivity contribution < 1.29 is 28.7 Å². The Morgan fingerprint density at radius 1 is 0.826 bits per heavy atom. The molecule has 23 heavy (non-hydrogen) atoms. The van der Waals surface area contributed by atoms with Gasteiger partial charge in [-0.3, -0.25) is 9.59 Å². The van der Waals surface area contributed by atoms with E-state index in [4.69, 9.17) is 9.47 Å². The summed E-state index contributed by atoms with van der Waals surface area (Å²) in [5.74, 6) is -1.75. The molecule has 0 unspecified atom stereocenters. The molecule has 2 amide bonds. The van der Waals surface area contributed by atoms with Crippen LogP contribution in [-0.2, 0) is 28.7 Å². The monoisotopic (exact) mass is 328 g/mol. The van der Waals surface area contributed by atoms with Gasteiger partial charge in [-0.2, -0.15) is 0 Å². The first-order valence-corrected chi connectivity index (χ1v) is 7.07. The molecule has 0 aromatic carbocycles. The van der Waals surface area contributed by atoms with Gasteiger partial charge in [0.1, 0.15) is 13.2 Å². The van der Waals surface area contributed by atoms with Crippen LogP contribution in [0, 0.1) is 0 Å². The molecule has 0 N–H and O–H groups in total. The van der Waals surface area contributed by atoms with Gasteiger partial charge in [-0.25, -0.2) is 9.59 Å². The molecule has 0 spiro atoms. The Labute approximate surface area is 136 Å². The summed E-state index contributed by atoms with van der Waals surface area (Å²) in [6.45, 7) is 1.28. The molecule has 8 heteroatoms. The van der Waals surface area contributed by atoms with Crippen molar-refractivity contribution >= 4 is 23.8 Å². The van der Waals surface area contributed by atoms with Crippen molar-refractivity contribution in [3.63, 3.8) is 0 Å². The second-order valence-corrected chi connectivity index (χ2v) is 5.21. The third-order valence-corrected chi connectivity index (χ3v) is 2.76. The lowest BCUT2D eigenvalue weighted by Crippen LogP contribution is -2.24. The number of ether oxygens (including phenoxy) is 2. The lowest BCUT2D eigenvalue weighted by molar-refractivity contribution is -0.143. The third-order valence-electron chi connectivity index (χ3n) is 2.76. The number of hydrogen-bond acceptors (Lipinski definition) is 6. The zero-order valence-corrected chi connectivity index (χ0v) is 14.2. The van der Waals surface area contributed by atoms with Gasteiger partial charge >= 0.3 is 11.9 Å². The number of esters is 2. The predicted octanol–water partition coefficient (Wildman–Crippen LogP) is -0.0243. The van der Waals surface area contributed by atoms with Gasteiger partial charge in [0, 0.05) is 39.8 Å². The van der Waals surface area contributed by atoms with Gasteiger partial charge in [0.25, 0.3) is 0 Å². The molecule has 0 saturated heterocycles. The van der Waals surface area contributed by atoms with Crippen LogP contribution in [0.2, 0.25) is 0 Å². The lowest BCUT2D eigenvalue weighted by atomic mass is 10.3. The van der Waals surface area contributed by atoms with Crippen LogP contribution in [0.15, 0.2) is 11.6 Å². The summed E-state index contributed by atoms with van der Waals surface area (Å²) in [5, 5.41) is 0. The zero-order valence-electron chi connectivity index (χ0n) is 14.2. The topological polar surface area (TPSA) is 93.2 Å². The number of carbonyl (C=O) groups excluding carboxylic acids is 4. The van der Waals surface area contributed by atoms with E-state index >= 15 is 0 Å². The van der Waals surface area contributed by atoms with Crippen LogP contribution >= 0.6 is 0 Å². The van der Waals surface area contributed by atoms with Crippen molar-refractivity contribution in [1.82, 2.24) is 9.80 Å². The number of amides is 2. The second kappa shape index (κ2) is 10.4. The molecule has 0 fully saturated rings. The Morgan fingerprint density at radius 3 is 1.70 bits per heavy atom. The summed E-state index contributed by atoms with van der Waals surface area (Å²) in [4.78, 5) is 48.5. The fraction of sp³-hybridized carbons (Fsp3) is 0.600. The number of rotatable bonds is 8. The van der Waals surface area contributed by atoms with Crippen LogP contribution in [-0.4, -0.2) is 75.0 Å². The average molecular weight is 328 g/mol. The van der Waals surface area contributed by atoms with Crippen molar-refractivity contribution in [2.75, 3.05) is 41.4 Å². The van der Waals surface area contributed by atoms with E-state index in [1.54, 1.807) is 28.2 Å². The maximum Gasteiger partial charge on any atom is 0.333 e. The second-order valence-electron chi connectivity index (χ2n) is 5.21. The zero-order chi connectivity index (χ0) is 18.0. The minimum absolute atomic E-state index is 0.0613. The lowest BCUT2D eigenvalue weighted by Gasteiger charge is -2.10. The first-order chi connectivity index (χ1) is 10.6. The molecule has 0 aliphatic carbocycles. The van der Waals surface area contributed by atoms with Crippen molar-refractivity contribution in [2.45, 2.75) is 19.8 Å². The van der Waals surface area contributed by atoms with Crippen molar-refractivity contribution in [3.8, 4) is 0 Å². The van der Waals surface area contributed by atoms with Crippen LogP contribution < -0.4 is 0 Å². The highest BCUT2D eigenvalue weighted by Gasteiger charge is 2.11. The minimum atomic E-state index is -0.727. The predicted molar refractivity (Wildman–Crippen MR) is 82.3 cm³/mol. The summed E-state index contributed by atoms with van der Waals surface area (Å²) in [6, 6.07) is 0. The van der Waals surface area contributed by atoms with E-state index in [2.05, 4.69) is 0 Å². The van der Waals surface area contributed by atoms with Gasteiger partial charge in [-0.15, -0.1) is 0 Å². The minimum Gasteiger partial charge on any atom is -0.462 e. The smallest absolute Gasteiger partial charge is 0.333 e. The first-order valence-electron chi connectivity index (χ1n) is 7.07. The maximum absolute atomic E-state index is 11.6. The summed E-state index contributed by atoms with van der Waals surface area (Å²) in [6.07, 6.45) is 1.14. The first kappa shape index (κ1) is 20.6. The number of carbonyl (C=O) groups is 4. The summed E-state index contributed by atoms with van der Waals surface area (Å²) in [5.41, 5.74) is 0.0613. The van der Waals surface area contributed by atoms with Gasteiger partial charge in [0.2, 0.25) is 11.8 Å². The normalized spacial score (nSPS) is 10.7. The number of nitrogens with zero attached hydrogens (tertiary/aromatic N) is 2. The Hall–Kier alpha value is -2.38. The van der Waals surface area contributed by atoms with E-state index in [1.165, 1.54) is 16.7 Å². The third kappa shape index (κ3) is 9.28. The van der Waals surface area contributed by atoms with Crippen molar-refractivity contribution in [3.05, 3.63) is 11.6 Å². The van der Waals surface area contributed by atoms with Gasteiger partial charge in [0.15, 0.2) is 0 Å². The van der Waals surface area contributed by atoms with E-state index in [9.17, 15) is 19.2 Å². The van der Waals surface area contributed by atoms with Crippen LogP contribution in [0.25, 0.3) is 0 Å². The molecule has 0 rings (SSSR count). The molecular formula is C15H24N2O6. The fourth-order valence-electron chi connectivity index (χ4n) is 1.31. The van der Waals surface area contributed by atoms with E-state index in [0.717, 1.165) is 6.08 Å². The van der Waals surface area contributed by atoms with Crippen LogP contribution in [0.3, 0.4) is 0 Å². The van der Waals surface area contributed by atoms with E-state index in [-0.39, 0.29) is 43.4 Å². The van der Waals surface area contributed by atoms with Crippen LogP contribution in [0.5, 0.6) is 0 Å². The van der Waals surface area contributed by atoms with Gasteiger partial charge in [0.05, 0.1) is 12.8 Å². The highest BCUT2D eigenvalue weighted by Crippen LogP contribution is 2.00. The molecule has 0 bridgehead atoms. The van der Waals surface area contributed by atoms with Crippen molar-refractivity contribution in [1.29, 1.82) is 0 Å². The quantitative estimate of drug-likeness (QED) is 0.459. The highest BCUT2D eigenvalue weighted by molar-refractivity contribution is 5.96. The van der Waals surface area contributed by atoms with Gasteiger partial charge in [-0.1, -0.05) is 0 Å². The maximum atomic E-state index is 11.6. The van der Waals surface area contributed by atoms with E-state index in [0.29, 0.717) is 0 Å². The van der Waals surface area contributed by atoms with E-state index < -0.39 is 11.9 Å². The van der Waals surface area contributed by atoms with Crippen LogP contribution in [0.1, 0.15) is 19.8 Å². The largest absolute Gasteiger partial charge is 0.462 e. The molecule has 130 valence electrons. The molecule has 0 aliphatic heterocycles. The van der Waals surface area contributed by atoms with Crippen molar-refractivity contribution in [2.24, 2.45) is 0 Å². The summed E-state index contributed by atoms with van der Waals surface area (Å²) < 4.78 is 9.70. The Morgan fingerprint density at radius 2 is 1.26 bits per heavy atom. The summed E-state index contributed by atoms with van der Waals surface area (Å²) >= 11 is 0. The Kier molecular flexibility index (Phi) is 9.29. The van der Waals surface area contributed by atoms with Crippen LogP contribution in [0.4, 0.5) is 0 Å². The summed E-state index contributed by atoms with van der Waals surface area (Å²) in [7, 11) is 6.41. The molecule has 0 saturated carbocycles. The molecule has 0 radical (unpaired) electrons. The number of hydrogen-bond donors (Lipinski definition) is 0. The molecule has 0 atom stereocenters. The molecule has 0 aromatic heterocycles. The molecule has 8 nitrogen and oxygen atoms in total. The molecule has 0 aliphatic rings.